The van der Waals surface area contributed by atoms with Gasteiger partial charge in [0.05, 0.1) is 22.1 Å². The summed E-state index contributed by atoms with van der Waals surface area (Å²) in [5, 5.41) is 6.95. The topological polar surface area (TPSA) is 26.2 Å². The predicted molar refractivity (Wildman–Crippen MR) is 243 cm³/mol. The largest absolute Gasteiger partial charge is 0.452 e. The molecule has 0 unspecified atom stereocenters. The molecule has 12 rings (SSSR count). The van der Waals surface area contributed by atoms with Crippen LogP contribution in [-0.4, -0.2) is 9.13 Å². The molecule has 4 heteroatoms. The molecule has 58 heavy (non-hydrogen) atoms. The van der Waals surface area contributed by atoms with Gasteiger partial charge in [-0.25, -0.2) is 0 Å². The van der Waals surface area contributed by atoms with Crippen molar-refractivity contribution in [3.8, 4) is 22.5 Å². The van der Waals surface area contributed by atoms with Gasteiger partial charge in [0, 0.05) is 60.8 Å². The Morgan fingerprint density at radius 2 is 0.690 bits per heavy atom. The zero-order chi connectivity index (χ0) is 38.2. The highest BCUT2D eigenvalue weighted by Crippen LogP contribution is 2.45. The van der Waals surface area contributed by atoms with Crippen molar-refractivity contribution in [3.63, 3.8) is 0 Å². The van der Waals surface area contributed by atoms with Gasteiger partial charge in [-0.1, -0.05) is 127 Å². The lowest BCUT2D eigenvalue weighted by Gasteiger charge is -2.26. The van der Waals surface area contributed by atoms with Crippen molar-refractivity contribution in [3.05, 3.63) is 212 Å². The van der Waals surface area contributed by atoms with E-state index in [1.807, 2.05) is 0 Å². The molecule has 9 aromatic carbocycles. The van der Waals surface area contributed by atoms with Crippen molar-refractivity contribution in [1.82, 2.24) is 9.13 Å². The minimum Gasteiger partial charge on any atom is -0.452 e. The Kier molecular flexibility index (Phi) is 7.20. The van der Waals surface area contributed by atoms with Gasteiger partial charge in [0.1, 0.15) is 0 Å². The number of aromatic nitrogens is 2. The van der Waals surface area contributed by atoms with Crippen LogP contribution in [0.5, 0.6) is 0 Å². The van der Waals surface area contributed by atoms with Crippen molar-refractivity contribution < 1.29 is 4.42 Å². The van der Waals surface area contributed by atoms with Crippen LogP contribution < -0.4 is 4.90 Å². The number of para-hydroxylation sites is 4. The molecule has 272 valence electrons. The highest BCUT2D eigenvalue weighted by Gasteiger charge is 2.23. The molecule has 0 bridgehead atoms. The lowest BCUT2D eigenvalue weighted by molar-refractivity contribution is 0.673. The van der Waals surface area contributed by atoms with Gasteiger partial charge < -0.3 is 18.5 Å². The Bertz CT molecular complexity index is 3470. The third-order valence-corrected chi connectivity index (χ3v) is 11.7. The van der Waals surface area contributed by atoms with Crippen LogP contribution in [0, 0.1) is 0 Å². The van der Waals surface area contributed by atoms with Gasteiger partial charge in [-0.15, -0.1) is 0 Å². The van der Waals surface area contributed by atoms with Gasteiger partial charge in [-0.3, -0.25) is 0 Å². The number of hydrogen-bond acceptors (Lipinski definition) is 2. The van der Waals surface area contributed by atoms with Crippen LogP contribution in [0.1, 0.15) is 0 Å². The molecule has 0 atom stereocenters. The molecule has 4 nitrogen and oxygen atoms in total. The van der Waals surface area contributed by atoms with Gasteiger partial charge in [0.15, 0.2) is 11.2 Å². The predicted octanol–water partition coefficient (Wildman–Crippen LogP) is 14.9. The fourth-order valence-electron chi connectivity index (χ4n) is 9.11. The molecule has 0 aliphatic heterocycles. The number of furan rings is 1. The van der Waals surface area contributed by atoms with Crippen molar-refractivity contribution in [2.24, 2.45) is 0 Å². The lowest BCUT2D eigenvalue weighted by atomic mass is 10.0. The Labute approximate surface area is 334 Å². The number of benzene rings is 9. The van der Waals surface area contributed by atoms with Crippen LogP contribution in [0.15, 0.2) is 217 Å². The number of anilines is 3. The fraction of sp³-hybridized carbons (Fsp3) is 0. The zero-order valence-electron chi connectivity index (χ0n) is 31.5. The summed E-state index contributed by atoms with van der Waals surface area (Å²) in [5.74, 6) is 0. The average Bonchev–Trinajstić information content (AvgIpc) is 3.96. The SMILES string of the molecule is c1ccc(-c2ccc(N(c3ccccc3)c3ccc(-n4c5ccccc5c5ccc6c7ccc8c9ccccc9n(-c9ccccc9)c8c7oc6c54)cc3)cc2)cc1. The van der Waals surface area contributed by atoms with E-state index < -0.39 is 0 Å². The van der Waals surface area contributed by atoms with Crippen LogP contribution in [0.2, 0.25) is 0 Å². The van der Waals surface area contributed by atoms with Crippen LogP contribution in [0.4, 0.5) is 17.1 Å². The maximum atomic E-state index is 7.23. The van der Waals surface area contributed by atoms with Gasteiger partial charge >= 0.3 is 0 Å². The van der Waals surface area contributed by atoms with Crippen LogP contribution in [0.25, 0.3) is 88.1 Å². The van der Waals surface area contributed by atoms with E-state index in [0.29, 0.717) is 0 Å². The Hall–Kier alpha value is -7.82. The summed E-state index contributed by atoms with van der Waals surface area (Å²) in [4.78, 5) is 2.32. The number of nitrogens with zero attached hydrogens (tertiary/aromatic N) is 3. The normalized spacial score (nSPS) is 11.8. The number of rotatable bonds is 6. The molecule has 3 aromatic heterocycles. The molecule has 0 fully saturated rings. The molecule has 12 aromatic rings. The molecular formula is C54H35N3O. The Morgan fingerprint density at radius 3 is 1.24 bits per heavy atom. The van der Waals surface area contributed by atoms with Crippen molar-refractivity contribution >= 4 is 82.6 Å². The quantitative estimate of drug-likeness (QED) is 0.170. The molecule has 0 aliphatic carbocycles. The number of hydrogen-bond donors (Lipinski definition) is 0. The second kappa shape index (κ2) is 12.9. The van der Waals surface area contributed by atoms with Gasteiger partial charge in [0.2, 0.25) is 0 Å². The fourth-order valence-corrected chi connectivity index (χ4v) is 9.11. The first kappa shape index (κ1) is 32.4. The molecule has 0 N–H and O–H groups in total. The summed E-state index contributed by atoms with van der Waals surface area (Å²) in [7, 11) is 0. The first-order valence-corrected chi connectivity index (χ1v) is 19.8. The second-order valence-electron chi connectivity index (χ2n) is 14.9. The van der Waals surface area contributed by atoms with Crippen molar-refractivity contribution in [2.45, 2.75) is 0 Å². The molecular weight excluding hydrogens is 707 g/mol. The molecule has 0 saturated heterocycles. The van der Waals surface area contributed by atoms with Crippen molar-refractivity contribution in [2.75, 3.05) is 4.90 Å². The third-order valence-electron chi connectivity index (χ3n) is 11.7. The molecule has 0 saturated carbocycles. The minimum absolute atomic E-state index is 0.884. The highest BCUT2D eigenvalue weighted by molar-refractivity contribution is 6.26. The zero-order valence-corrected chi connectivity index (χ0v) is 31.5. The minimum atomic E-state index is 0.884. The first-order chi connectivity index (χ1) is 28.8. The van der Waals surface area contributed by atoms with Crippen molar-refractivity contribution in [1.29, 1.82) is 0 Å². The molecule has 0 radical (unpaired) electrons. The van der Waals surface area contributed by atoms with Gasteiger partial charge in [0.25, 0.3) is 0 Å². The summed E-state index contributed by atoms with van der Waals surface area (Å²) >= 11 is 0. The molecule has 0 amide bonds. The second-order valence-corrected chi connectivity index (χ2v) is 14.9. The van der Waals surface area contributed by atoms with Gasteiger partial charge in [-0.2, -0.15) is 0 Å². The molecule has 3 heterocycles. The van der Waals surface area contributed by atoms with Gasteiger partial charge in [-0.05, 0) is 96.1 Å². The summed E-state index contributed by atoms with van der Waals surface area (Å²) in [6.45, 7) is 0. The standard InChI is InChI=1S/C54H35N3O/c1-4-14-36(15-5-1)37-24-26-40(27-25-37)55(38-16-6-2-7-17-38)41-28-30-42(31-29-41)57-50-23-13-11-21-44(50)46-33-35-48-47-34-32-45-43-20-10-12-22-49(43)56(39-18-8-3-9-19-39)51(45)53(47)58-54(48)52(46)57/h1-35H. The average molecular weight is 742 g/mol. The van der Waals surface area contributed by atoms with E-state index in [1.54, 1.807) is 0 Å². The van der Waals surface area contributed by atoms with Crippen LogP contribution in [-0.2, 0) is 0 Å². The number of fused-ring (bicyclic) bond motifs is 11. The third kappa shape index (κ3) is 4.88. The van der Waals surface area contributed by atoms with E-state index in [9.17, 15) is 0 Å². The molecule has 0 spiro atoms. The van der Waals surface area contributed by atoms with E-state index in [4.69, 9.17) is 4.42 Å². The lowest BCUT2D eigenvalue weighted by Crippen LogP contribution is -2.10. The maximum absolute atomic E-state index is 7.23. The summed E-state index contributed by atoms with van der Waals surface area (Å²) in [6, 6.07) is 75.9. The summed E-state index contributed by atoms with van der Waals surface area (Å²) in [6.07, 6.45) is 0. The van der Waals surface area contributed by atoms with Crippen LogP contribution >= 0.6 is 0 Å². The van der Waals surface area contributed by atoms with E-state index in [2.05, 4.69) is 226 Å². The first-order valence-electron chi connectivity index (χ1n) is 19.8. The summed E-state index contributed by atoms with van der Waals surface area (Å²) in [5.41, 5.74) is 14.1. The van der Waals surface area contributed by atoms with E-state index in [0.717, 1.165) is 77.8 Å². The van der Waals surface area contributed by atoms with Crippen LogP contribution in [0.3, 0.4) is 0 Å². The Morgan fingerprint density at radius 1 is 0.293 bits per heavy atom. The molecule has 0 aliphatic rings. The smallest absolute Gasteiger partial charge is 0.160 e. The highest BCUT2D eigenvalue weighted by atomic mass is 16.3. The maximum Gasteiger partial charge on any atom is 0.160 e. The van der Waals surface area contributed by atoms with E-state index >= 15 is 0 Å². The Balaban J connectivity index is 1.06. The monoisotopic (exact) mass is 741 g/mol. The van der Waals surface area contributed by atoms with E-state index in [1.165, 1.54) is 27.3 Å². The summed E-state index contributed by atoms with van der Waals surface area (Å²) < 4.78 is 12.0. The van der Waals surface area contributed by atoms with E-state index in [-0.39, 0.29) is 0 Å².